The molecule has 1 aromatic heterocycles. The van der Waals surface area contributed by atoms with Gasteiger partial charge in [0.15, 0.2) is 0 Å². The van der Waals surface area contributed by atoms with E-state index in [1.54, 1.807) is 19.2 Å². The monoisotopic (exact) mass is 259 g/mol. The van der Waals surface area contributed by atoms with Gasteiger partial charge in [0.25, 0.3) is 0 Å². The molecule has 0 aliphatic rings. The normalized spacial score (nSPS) is 9.58. The predicted molar refractivity (Wildman–Crippen MR) is 75.8 cm³/mol. The Morgan fingerprint density at radius 2 is 2.11 bits per heavy atom. The molecule has 0 radical (unpaired) electrons. The number of hydrogen-bond acceptors (Lipinski definition) is 3. The number of carbonyl (C=O) groups is 1. The minimum Gasteiger partial charge on any atom is -0.462 e. The Bertz CT molecular complexity index is 457. The first kappa shape index (κ1) is 15.2. The van der Waals surface area contributed by atoms with Crippen LogP contribution in [0.25, 0.3) is 0 Å². The topological polar surface area (TPSA) is 39.2 Å². The fourth-order valence-corrected chi connectivity index (χ4v) is 1.64. The summed E-state index contributed by atoms with van der Waals surface area (Å²) < 4.78 is 4.93. The molecular formula is C16H21NO2. The largest absolute Gasteiger partial charge is 0.462 e. The standard InChI is InChI=1S/C16H21NO2/c1-3-5-6-7-8-9-10-14-11-15(13-17-12-14)16(18)19-4-2/h11-13H,3-8H2,1-2H3. The van der Waals surface area contributed by atoms with Crippen molar-refractivity contribution in [1.29, 1.82) is 0 Å². The van der Waals surface area contributed by atoms with Gasteiger partial charge in [-0.15, -0.1) is 0 Å². The van der Waals surface area contributed by atoms with Crippen LogP contribution in [0.1, 0.15) is 61.9 Å². The van der Waals surface area contributed by atoms with Crippen LogP contribution in [0.15, 0.2) is 18.5 Å². The lowest BCUT2D eigenvalue weighted by molar-refractivity contribution is 0.0526. The van der Waals surface area contributed by atoms with Crippen molar-refractivity contribution in [3.8, 4) is 11.8 Å². The van der Waals surface area contributed by atoms with Crippen LogP contribution in [-0.4, -0.2) is 17.6 Å². The molecule has 0 bridgehead atoms. The van der Waals surface area contributed by atoms with Gasteiger partial charge < -0.3 is 4.74 Å². The Morgan fingerprint density at radius 3 is 2.84 bits per heavy atom. The van der Waals surface area contributed by atoms with Gasteiger partial charge in [0, 0.05) is 24.4 Å². The van der Waals surface area contributed by atoms with Crippen LogP contribution in [-0.2, 0) is 4.74 Å². The van der Waals surface area contributed by atoms with E-state index in [0.717, 1.165) is 18.4 Å². The van der Waals surface area contributed by atoms with Crippen molar-refractivity contribution in [2.75, 3.05) is 6.61 Å². The smallest absolute Gasteiger partial charge is 0.339 e. The predicted octanol–water partition coefficient (Wildman–Crippen LogP) is 3.58. The molecule has 1 rings (SSSR count). The third-order valence-corrected chi connectivity index (χ3v) is 2.64. The van der Waals surface area contributed by atoms with Crippen molar-refractivity contribution in [3.63, 3.8) is 0 Å². The Kier molecular flexibility index (Phi) is 7.34. The molecule has 0 fully saturated rings. The Balaban J connectivity index is 2.52. The molecular weight excluding hydrogens is 238 g/mol. The van der Waals surface area contributed by atoms with E-state index in [4.69, 9.17) is 4.74 Å². The maximum absolute atomic E-state index is 11.5. The van der Waals surface area contributed by atoms with Gasteiger partial charge in [0.1, 0.15) is 0 Å². The number of ether oxygens (including phenoxy) is 1. The molecule has 0 saturated carbocycles. The average molecular weight is 259 g/mol. The molecule has 0 amide bonds. The molecule has 0 saturated heterocycles. The molecule has 0 spiro atoms. The van der Waals surface area contributed by atoms with E-state index in [0.29, 0.717) is 12.2 Å². The summed E-state index contributed by atoms with van der Waals surface area (Å²) in [4.78, 5) is 15.5. The second-order valence-electron chi connectivity index (χ2n) is 4.30. The Labute approximate surface area is 115 Å². The minimum atomic E-state index is -0.346. The van der Waals surface area contributed by atoms with Crippen molar-refractivity contribution in [2.45, 2.75) is 46.0 Å². The number of nitrogens with zero attached hydrogens (tertiary/aromatic N) is 1. The number of hydrogen-bond donors (Lipinski definition) is 0. The summed E-state index contributed by atoms with van der Waals surface area (Å²) in [5.41, 5.74) is 1.22. The Hall–Kier alpha value is -1.82. The van der Waals surface area contributed by atoms with Gasteiger partial charge in [-0.25, -0.2) is 4.79 Å². The molecule has 0 unspecified atom stereocenters. The second kappa shape index (κ2) is 9.16. The summed E-state index contributed by atoms with van der Waals surface area (Å²) in [7, 11) is 0. The lowest BCUT2D eigenvalue weighted by Crippen LogP contribution is -2.05. The molecule has 0 N–H and O–H groups in total. The van der Waals surface area contributed by atoms with E-state index in [9.17, 15) is 4.79 Å². The molecule has 1 heterocycles. The van der Waals surface area contributed by atoms with Gasteiger partial charge in [0.2, 0.25) is 0 Å². The number of carbonyl (C=O) groups excluding carboxylic acids is 1. The molecule has 0 aliphatic carbocycles. The SMILES string of the molecule is CCCCCCC#Cc1cncc(C(=O)OCC)c1. The minimum absolute atomic E-state index is 0.346. The molecule has 3 nitrogen and oxygen atoms in total. The van der Waals surface area contributed by atoms with Crippen LogP contribution < -0.4 is 0 Å². The Morgan fingerprint density at radius 1 is 1.26 bits per heavy atom. The molecule has 1 aromatic rings. The van der Waals surface area contributed by atoms with Gasteiger partial charge >= 0.3 is 5.97 Å². The number of unbranched alkanes of at least 4 members (excludes halogenated alkanes) is 4. The number of esters is 1. The zero-order valence-corrected chi connectivity index (χ0v) is 11.7. The first-order chi connectivity index (χ1) is 9.27. The third kappa shape index (κ3) is 6.05. The number of aromatic nitrogens is 1. The third-order valence-electron chi connectivity index (χ3n) is 2.64. The molecule has 0 aromatic carbocycles. The van der Waals surface area contributed by atoms with Gasteiger partial charge in [-0.2, -0.15) is 0 Å². The van der Waals surface area contributed by atoms with Crippen molar-refractivity contribution in [1.82, 2.24) is 4.98 Å². The molecule has 0 atom stereocenters. The number of pyridine rings is 1. The van der Waals surface area contributed by atoms with Gasteiger partial charge in [-0.1, -0.05) is 38.0 Å². The van der Waals surface area contributed by atoms with Crippen molar-refractivity contribution < 1.29 is 9.53 Å². The maximum Gasteiger partial charge on any atom is 0.339 e. The highest BCUT2D eigenvalue weighted by Gasteiger charge is 2.06. The van der Waals surface area contributed by atoms with Crippen LogP contribution in [0.4, 0.5) is 0 Å². The van der Waals surface area contributed by atoms with Crippen LogP contribution in [0.5, 0.6) is 0 Å². The lowest BCUT2D eigenvalue weighted by atomic mass is 10.1. The first-order valence-corrected chi connectivity index (χ1v) is 6.89. The van der Waals surface area contributed by atoms with E-state index in [1.165, 1.54) is 25.5 Å². The summed E-state index contributed by atoms with van der Waals surface area (Å²) in [6, 6.07) is 1.73. The summed E-state index contributed by atoms with van der Waals surface area (Å²) in [6.45, 7) is 4.34. The van der Waals surface area contributed by atoms with Gasteiger partial charge in [0.05, 0.1) is 12.2 Å². The fourth-order valence-electron chi connectivity index (χ4n) is 1.64. The summed E-state index contributed by atoms with van der Waals surface area (Å²) in [6.07, 6.45) is 8.93. The van der Waals surface area contributed by atoms with Gasteiger partial charge in [-0.3, -0.25) is 4.98 Å². The first-order valence-electron chi connectivity index (χ1n) is 6.89. The van der Waals surface area contributed by atoms with Crippen LogP contribution >= 0.6 is 0 Å². The van der Waals surface area contributed by atoms with Crippen LogP contribution in [0.2, 0.25) is 0 Å². The van der Waals surface area contributed by atoms with Crippen LogP contribution in [0.3, 0.4) is 0 Å². The number of rotatable bonds is 6. The van der Waals surface area contributed by atoms with Gasteiger partial charge in [-0.05, 0) is 19.4 Å². The maximum atomic E-state index is 11.5. The summed E-state index contributed by atoms with van der Waals surface area (Å²) in [5, 5.41) is 0. The lowest BCUT2D eigenvalue weighted by Gasteiger charge is -2.00. The van der Waals surface area contributed by atoms with E-state index in [2.05, 4.69) is 23.7 Å². The zero-order valence-electron chi connectivity index (χ0n) is 11.7. The van der Waals surface area contributed by atoms with E-state index < -0.39 is 0 Å². The quantitative estimate of drug-likeness (QED) is 0.445. The van der Waals surface area contributed by atoms with Crippen molar-refractivity contribution in [2.24, 2.45) is 0 Å². The van der Waals surface area contributed by atoms with E-state index in [-0.39, 0.29) is 5.97 Å². The fraction of sp³-hybridized carbons (Fsp3) is 0.500. The zero-order chi connectivity index (χ0) is 13.9. The average Bonchev–Trinajstić information content (AvgIpc) is 2.43. The summed E-state index contributed by atoms with van der Waals surface area (Å²) >= 11 is 0. The van der Waals surface area contributed by atoms with E-state index in [1.807, 2.05) is 0 Å². The highest BCUT2D eigenvalue weighted by atomic mass is 16.5. The highest BCUT2D eigenvalue weighted by molar-refractivity contribution is 5.89. The van der Waals surface area contributed by atoms with Crippen molar-refractivity contribution in [3.05, 3.63) is 29.6 Å². The highest BCUT2D eigenvalue weighted by Crippen LogP contribution is 2.05. The van der Waals surface area contributed by atoms with Crippen molar-refractivity contribution >= 4 is 5.97 Å². The molecule has 0 aliphatic heterocycles. The van der Waals surface area contributed by atoms with E-state index >= 15 is 0 Å². The molecule has 102 valence electrons. The molecule has 3 heteroatoms. The summed E-state index contributed by atoms with van der Waals surface area (Å²) in [5.74, 6) is 5.81. The molecule has 19 heavy (non-hydrogen) atoms. The second-order valence-corrected chi connectivity index (χ2v) is 4.30. The van der Waals surface area contributed by atoms with Crippen LogP contribution in [0, 0.1) is 11.8 Å².